The van der Waals surface area contributed by atoms with Gasteiger partial charge < -0.3 is 4.79 Å². The molecule has 1 atom stereocenters. The molecule has 0 rings (SSSR count). The van der Waals surface area contributed by atoms with Crippen molar-refractivity contribution >= 4 is 6.29 Å². The molecule has 0 bridgehead atoms. The topological polar surface area (TPSA) is 17.1 Å². The van der Waals surface area contributed by atoms with Crippen LogP contribution in [-0.2, 0) is 4.79 Å². The van der Waals surface area contributed by atoms with Crippen LogP contribution in [0.2, 0.25) is 0 Å². The SMILES string of the molecule is CCC=CCC(C)C=O. The Labute approximate surface area is 56.8 Å². The van der Waals surface area contributed by atoms with Gasteiger partial charge in [-0.2, -0.15) is 0 Å². The van der Waals surface area contributed by atoms with Gasteiger partial charge in [0.2, 0.25) is 0 Å². The smallest absolute Gasteiger partial charge is 0.123 e. The molecule has 0 aliphatic rings. The first-order valence-electron chi connectivity index (χ1n) is 3.41. The minimum Gasteiger partial charge on any atom is -0.303 e. The number of carbonyl (C=O) groups is 1. The van der Waals surface area contributed by atoms with E-state index in [0.717, 1.165) is 19.1 Å². The van der Waals surface area contributed by atoms with Crippen LogP contribution < -0.4 is 0 Å². The summed E-state index contributed by atoms with van der Waals surface area (Å²) in [6.45, 7) is 4.01. The second kappa shape index (κ2) is 5.54. The van der Waals surface area contributed by atoms with Crippen molar-refractivity contribution in [2.45, 2.75) is 26.7 Å². The van der Waals surface area contributed by atoms with E-state index in [1.807, 2.05) is 6.92 Å². The zero-order valence-electron chi connectivity index (χ0n) is 6.13. The van der Waals surface area contributed by atoms with E-state index >= 15 is 0 Å². The maximum Gasteiger partial charge on any atom is 0.123 e. The maximum absolute atomic E-state index is 10.1. The summed E-state index contributed by atoms with van der Waals surface area (Å²) in [7, 11) is 0. The van der Waals surface area contributed by atoms with Crippen molar-refractivity contribution in [3.8, 4) is 0 Å². The fourth-order valence-corrected chi connectivity index (χ4v) is 0.533. The van der Waals surface area contributed by atoms with Crippen LogP contribution in [0, 0.1) is 5.92 Å². The van der Waals surface area contributed by atoms with Crippen LogP contribution in [0.1, 0.15) is 26.7 Å². The zero-order valence-corrected chi connectivity index (χ0v) is 6.13. The number of allylic oxidation sites excluding steroid dienone is 2. The number of aldehydes is 1. The molecular formula is C8H14O. The van der Waals surface area contributed by atoms with Crippen molar-refractivity contribution in [3.05, 3.63) is 12.2 Å². The van der Waals surface area contributed by atoms with Crippen molar-refractivity contribution in [2.24, 2.45) is 5.92 Å². The van der Waals surface area contributed by atoms with Crippen LogP contribution in [0.5, 0.6) is 0 Å². The number of rotatable bonds is 4. The second-order valence-electron chi connectivity index (χ2n) is 2.23. The highest BCUT2D eigenvalue weighted by molar-refractivity contribution is 5.52. The molecule has 1 unspecified atom stereocenters. The molecule has 0 spiro atoms. The quantitative estimate of drug-likeness (QED) is 0.417. The third-order valence-electron chi connectivity index (χ3n) is 1.14. The lowest BCUT2D eigenvalue weighted by Gasteiger charge is -1.93. The molecule has 0 fully saturated rings. The van der Waals surface area contributed by atoms with Gasteiger partial charge in [0.05, 0.1) is 0 Å². The van der Waals surface area contributed by atoms with E-state index in [0.29, 0.717) is 0 Å². The van der Waals surface area contributed by atoms with Gasteiger partial charge >= 0.3 is 0 Å². The number of hydrogen-bond donors (Lipinski definition) is 0. The van der Waals surface area contributed by atoms with Gasteiger partial charge in [0.1, 0.15) is 6.29 Å². The lowest BCUT2D eigenvalue weighted by molar-refractivity contribution is -0.110. The molecule has 0 N–H and O–H groups in total. The fraction of sp³-hybridized carbons (Fsp3) is 0.625. The summed E-state index contributed by atoms with van der Waals surface area (Å²) in [5.74, 6) is 0.188. The summed E-state index contributed by atoms with van der Waals surface area (Å²) >= 11 is 0. The Kier molecular flexibility index (Phi) is 5.18. The summed E-state index contributed by atoms with van der Waals surface area (Å²) in [5.41, 5.74) is 0. The van der Waals surface area contributed by atoms with E-state index in [1.54, 1.807) is 0 Å². The van der Waals surface area contributed by atoms with E-state index in [2.05, 4.69) is 19.1 Å². The summed E-state index contributed by atoms with van der Waals surface area (Å²) in [6.07, 6.45) is 7.07. The summed E-state index contributed by atoms with van der Waals surface area (Å²) in [6, 6.07) is 0. The third kappa shape index (κ3) is 5.28. The normalized spacial score (nSPS) is 14.0. The molecule has 0 saturated heterocycles. The van der Waals surface area contributed by atoms with Gasteiger partial charge in [0.25, 0.3) is 0 Å². The van der Waals surface area contributed by atoms with Gasteiger partial charge in [0, 0.05) is 5.92 Å². The fourth-order valence-electron chi connectivity index (χ4n) is 0.533. The minimum absolute atomic E-state index is 0.188. The van der Waals surface area contributed by atoms with Gasteiger partial charge in [0.15, 0.2) is 0 Å². The van der Waals surface area contributed by atoms with Gasteiger partial charge in [-0.25, -0.2) is 0 Å². The van der Waals surface area contributed by atoms with E-state index in [4.69, 9.17) is 0 Å². The van der Waals surface area contributed by atoms with Crippen LogP contribution in [0.4, 0.5) is 0 Å². The average molecular weight is 126 g/mol. The van der Waals surface area contributed by atoms with Crippen LogP contribution in [0.25, 0.3) is 0 Å². The highest BCUT2D eigenvalue weighted by atomic mass is 16.1. The van der Waals surface area contributed by atoms with Gasteiger partial charge in [-0.1, -0.05) is 26.0 Å². The summed E-state index contributed by atoms with van der Waals surface area (Å²) < 4.78 is 0. The maximum atomic E-state index is 10.1. The first kappa shape index (κ1) is 8.41. The second-order valence-corrected chi connectivity index (χ2v) is 2.23. The predicted octanol–water partition coefficient (Wildman–Crippen LogP) is 2.18. The molecule has 0 aromatic carbocycles. The Hall–Kier alpha value is -0.590. The molecule has 52 valence electrons. The van der Waals surface area contributed by atoms with E-state index in [1.165, 1.54) is 0 Å². The van der Waals surface area contributed by atoms with Crippen LogP contribution in [-0.4, -0.2) is 6.29 Å². The Morgan fingerprint density at radius 1 is 1.44 bits per heavy atom. The molecular weight excluding hydrogens is 112 g/mol. The number of hydrogen-bond acceptors (Lipinski definition) is 1. The van der Waals surface area contributed by atoms with Crippen molar-refractivity contribution in [2.75, 3.05) is 0 Å². The van der Waals surface area contributed by atoms with Crippen molar-refractivity contribution in [1.29, 1.82) is 0 Å². The molecule has 0 heterocycles. The van der Waals surface area contributed by atoms with Crippen molar-refractivity contribution < 1.29 is 4.79 Å². The molecule has 1 heteroatoms. The summed E-state index contributed by atoms with van der Waals surface area (Å²) in [5, 5.41) is 0. The zero-order chi connectivity index (χ0) is 7.11. The van der Waals surface area contributed by atoms with Crippen LogP contribution in [0.15, 0.2) is 12.2 Å². The predicted molar refractivity (Wildman–Crippen MR) is 39.3 cm³/mol. The van der Waals surface area contributed by atoms with Crippen molar-refractivity contribution in [1.82, 2.24) is 0 Å². The molecule has 0 aliphatic heterocycles. The molecule has 0 radical (unpaired) electrons. The van der Waals surface area contributed by atoms with E-state index in [9.17, 15) is 4.79 Å². The minimum atomic E-state index is 0.188. The Morgan fingerprint density at radius 2 is 2.11 bits per heavy atom. The lowest BCUT2D eigenvalue weighted by atomic mass is 10.1. The van der Waals surface area contributed by atoms with Crippen LogP contribution in [0.3, 0.4) is 0 Å². The van der Waals surface area contributed by atoms with Crippen molar-refractivity contribution in [3.63, 3.8) is 0 Å². The Bertz CT molecular complexity index is 94.7. The third-order valence-corrected chi connectivity index (χ3v) is 1.14. The van der Waals surface area contributed by atoms with Gasteiger partial charge in [-0.3, -0.25) is 0 Å². The lowest BCUT2D eigenvalue weighted by Crippen LogP contribution is -1.91. The molecule has 1 nitrogen and oxygen atoms in total. The van der Waals surface area contributed by atoms with Crippen LogP contribution >= 0.6 is 0 Å². The monoisotopic (exact) mass is 126 g/mol. The average Bonchev–Trinajstić information content (AvgIpc) is 1.89. The van der Waals surface area contributed by atoms with E-state index in [-0.39, 0.29) is 5.92 Å². The number of carbonyl (C=O) groups excluding carboxylic acids is 1. The molecule has 0 saturated carbocycles. The van der Waals surface area contributed by atoms with Gasteiger partial charge in [-0.05, 0) is 12.8 Å². The molecule has 0 aromatic rings. The van der Waals surface area contributed by atoms with Gasteiger partial charge in [-0.15, -0.1) is 0 Å². The standard InChI is InChI=1S/C8H14O/c1-3-4-5-6-8(2)7-9/h4-5,7-8H,3,6H2,1-2H3. The Balaban J connectivity index is 3.25. The molecule has 0 amide bonds. The molecule has 0 aliphatic carbocycles. The Morgan fingerprint density at radius 3 is 2.56 bits per heavy atom. The highest BCUT2D eigenvalue weighted by Crippen LogP contribution is 1.98. The molecule has 0 aromatic heterocycles. The van der Waals surface area contributed by atoms with E-state index < -0.39 is 0 Å². The molecule has 9 heavy (non-hydrogen) atoms. The summed E-state index contributed by atoms with van der Waals surface area (Å²) in [4.78, 5) is 10.1. The highest BCUT2D eigenvalue weighted by Gasteiger charge is 1.92. The first-order chi connectivity index (χ1) is 4.31. The largest absolute Gasteiger partial charge is 0.303 e. The first-order valence-corrected chi connectivity index (χ1v) is 3.41.